The average molecular weight is 257 g/mol. The Kier molecular flexibility index (Phi) is 4.67. The van der Waals surface area contributed by atoms with E-state index >= 15 is 0 Å². The second-order valence-corrected chi connectivity index (χ2v) is 4.43. The van der Waals surface area contributed by atoms with Gasteiger partial charge in [-0.3, -0.25) is 0 Å². The van der Waals surface area contributed by atoms with Crippen LogP contribution in [0.5, 0.6) is 11.5 Å². The van der Waals surface area contributed by atoms with Gasteiger partial charge in [-0.15, -0.1) is 0 Å². The van der Waals surface area contributed by atoms with E-state index in [1.165, 1.54) is 5.56 Å². The normalized spacial score (nSPS) is 10.2. The number of anilines is 1. The van der Waals surface area contributed by atoms with Crippen LogP contribution in [0, 0.1) is 6.92 Å². The Bertz CT molecular complexity index is 444. The van der Waals surface area contributed by atoms with E-state index in [2.05, 4.69) is 6.92 Å². The first-order valence-electron chi connectivity index (χ1n) is 6.42. The highest BCUT2D eigenvalue weighted by Crippen LogP contribution is 2.14. The number of hydrogen-bond acceptors (Lipinski definition) is 3. The molecule has 3 heteroatoms. The van der Waals surface area contributed by atoms with Crippen molar-refractivity contribution >= 4 is 5.69 Å². The summed E-state index contributed by atoms with van der Waals surface area (Å²) in [6.45, 7) is 3.35. The number of nitrogen functional groups attached to an aromatic ring is 1. The standard InChI is InChI=1S/C16H19NO2/c1-13-3-7-15(8-4-13)18-11-2-12-19-16-9-5-14(17)6-10-16/h3-10H,2,11-12,17H2,1H3. The molecule has 2 aromatic rings. The molecule has 0 saturated carbocycles. The van der Waals surface area contributed by atoms with Gasteiger partial charge in [0.1, 0.15) is 11.5 Å². The molecule has 0 amide bonds. The molecular weight excluding hydrogens is 238 g/mol. The lowest BCUT2D eigenvalue weighted by Crippen LogP contribution is -2.05. The highest BCUT2D eigenvalue weighted by atomic mass is 16.5. The van der Waals surface area contributed by atoms with Gasteiger partial charge in [0, 0.05) is 12.1 Å². The maximum Gasteiger partial charge on any atom is 0.119 e. The zero-order valence-corrected chi connectivity index (χ0v) is 11.1. The van der Waals surface area contributed by atoms with E-state index in [9.17, 15) is 0 Å². The molecule has 0 spiro atoms. The number of hydrogen-bond donors (Lipinski definition) is 1. The lowest BCUT2D eigenvalue weighted by atomic mass is 10.2. The highest BCUT2D eigenvalue weighted by molar-refractivity contribution is 5.41. The number of rotatable bonds is 6. The molecule has 0 saturated heterocycles. The van der Waals surface area contributed by atoms with E-state index in [4.69, 9.17) is 15.2 Å². The summed E-state index contributed by atoms with van der Waals surface area (Å²) >= 11 is 0. The summed E-state index contributed by atoms with van der Waals surface area (Å²) < 4.78 is 11.2. The molecule has 0 atom stereocenters. The van der Waals surface area contributed by atoms with Crippen LogP contribution in [0.25, 0.3) is 0 Å². The number of benzene rings is 2. The predicted molar refractivity (Wildman–Crippen MR) is 77.6 cm³/mol. The van der Waals surface area contributed by atoms with Crippen LogP contribution in [0.1, 0.15) is 12.0 Å². The maximum absolute atomic E-state index is 5.62. The van der Waals surface area contributed by atoms with E-state index in [-0.39, 0.29) is 0 Å². The second-order valence-electron chi connectivity index (χ2n) is 4.43. The summed E-state index contributed by atoms with van der Waals surface area (Å²) in [6, 6.07) is 15.5. The van der Waals surface area contributed by atoms with Gasteiger partial charge in [0.2, 0.25) is 0 Å². The van der Waals surface area contributed by atoms with Gasteiger partial charge in [-0.05, 0) is 43.3 Å². The molecule has 0 unspecified atom stereocenters. The molecule has 2 aromatic carbocycles. The number of ether oxygens (including phenoxy) is 2. The van der Waals surface area contributed by atoms with Crippen molar-refractivity contribution in [1.82, 2.24) is 0 Å². The quantitative estimate of drug-likeness (QED) is 0.637. The van der Waals surface area contributed by atoms with Crippen LogP contribution in [-0.2, 0) is 0 Å². The van der Waals surface area contributed by atoms with E-state index < -0.39 is 0 Å². The highest BCUT2D eigenvalue weighted by Gasteiger charge is 1.95. The lowest BCUT2D eigenvalue weighted by molar-refractivity contribution is 0.247. The molecule has 0 bridgehead atoms. The Balaban J connectivity index is 1.64. The van der Waals surface area contributed by atoms with Gasteiger partial charge >= 0.3 is 0 Å². The zero-order valence-electron chi connectivity index (χ0n) is 11.1. The van der Waals surface area contributed by atoms with E-state index in [1.54, 1.807) is 0 Å². The molecule has 0 aliphatic carbocycles. The molecule has 0 fully saturated rings. The molecule has 0 aliphatic rings. The third-order valence-corrected chi connectivity index (χ3v) is 2.73. The van der Waals surface area contributed by atoms with Crippen LogP contribution in [0.2, 0.25) is 0 Å². The molecule has 0 radical (unpaired) electrons. The largest absolute Gasteiger partial charge is 0.493 e. The molecule has 2 N–H and O–H groups in total. The van der Waals surface area contributed by atoms with Gasteiger partial charge in [0.05, 0.1) is 13.2 Å². The van der Waals surface area contributed by atoms with Crippen molar-refractivity contribution < 1.29 is 9.47 Å². The Morgan fingerprint density at radius 2 is 1.26 bits per heavy atom. The minimum Gasteiger partial charge on any atom is -0.493 e. The van der Waals surface area contributed by atoms with Gasteiger partial charge in [-0.25, -0.2) is 0 Å². The van der Waals surface area contributed by atoms with Crippen LogP contribution in [0.3, 0.4) is 0 Å². The molecule has 19 heavy (non-hydrogen) atoms. The molecular formula is C16H19NO2. The van der Waals surface area contributed by atoms with Crippen LogP contribution < -0.4 is 15.2 Å². The van der Waals surface area contributed by atoms with Crippen molar-refractivity contribution in [3.63, 3.8) is 0 Å². The van der Waals surface area contributed by atoms with Gasteiger partial charge in [-0.1, -0.05) is 17.7 Å². The second kappa shape index (κ2) is 6.69. The fourth-order valence-corrected chi connectivity index (χ4v) is 1.64. The number of nitrogens with two attached hydrogens (primary N) is 1. The molecule has 2 rings (SSSR count). The van der Waals surface area contributed by atoms with Crippen LogP contribution in [0.4, 0.5) is 5.69 Å². The summed E-state index contributed by atoms with van der Waals surface area (Å²) in [5.41, 5.74) is 7.58. The SMILES string of the molecule is Cc1ccc(OCCCOc2ccc(N)cc2)cc1. The minimum absolute atomic E-state index is 0.635. The van der Waals surface area contributed by atoms with Gasteiger partial charge < -0.3 is 15.2 Å². The monoisotopic (exact) mass is 257 g/mol. The lowest BCUT2D eigenvalue weighted by Gasteiger charge is -2.08. The van der Waals surface area contributed by atoms with Crippen LogP contribution in [0.15, 0.2) is 48.5 Å². The van der Waals surface area contributed by atoms with Crippen molar-refractivity contribution in [2.75, 3.05) is 18.9 Å². The molecule has 3 nitrogen and oxygen atoms in total. The molecule has 100 valence electrons. The minimum atomic E-state index is 0.635. The fraction of sp³-hybridized carbons (Fsp3) is 0.250. The Morgan fingerprint density at radius 1 is 0.789 bits per heavy atom. The maximum atomic E-state index is 5.62. The first-order chi connectivity index (χ1) is 9.24. The molecule has 0 aliphatic heterocycles. The Morgan fingerprint density at radius 3 is 1.79 bits per heavy atom. The van der Waals surface area contributed by atoms with Crippen molar-refractivity contribution in [3.05, 3.63) is 54.1 Å². The van der Waals surface area contributed by atoms with E-state index in [0.717, 1.165) is 23.6 Å². The van der Waals surface area contributed by atoms with Crippen LogP contribution >= 0.6 is 0 Å². The van der Waals surface area contributed by atoms with Gasteiger partial charge in [0.25, 0.3) is 0 Å². The Labute approximate surface area is 114 Å². The van der Waals surface area contributed by atoms with E-state index in [1.807, 2.05) is 48.5 Å². The summed E-state index contributed by atoms with van der Waals surface area (Å²) in [5, 5.41) is 0. The van der Waals surface area contributed by atoms with Crippen molar-refractivity contribution in [2.45, 2.75) is 13.3 Å². The van der Waals surface area contributed by atoms with Crippen molar-refractivity contribution in [2.24, 2.45) is 0 Å². The van der Waals surface area contributed by atoms with Crippen molar-refractivity contribution in [3.8, 4) is 11.5 Å². The predicted octanol–water partition coefficient (Wildman–Crippen LogP) is 3.43. The fourth-order valence-electron chi connectivity index (χ4n) is 1.64. The summed E-state index contributed by atoms with van der Waals surface area (Å²) in [7, 11) is 0. The summed E-state index contributed by atoms with van der Waals surface area (Å²) in [5.74, 6) is 1.74. The van der Waals surface area contributed by atoms with Gasteiger partial charge in [-0.2, -0.15) is 0 Å². The topological polar surface area (TPSA) is 44.5 Å². The van der Waals surface area contributed by atoms with Gasteiger partial charge in [0.15, 0.2) is 0 Å². The smallest absolute Gasteiger partial charge is 0.119 e. The zero-order chi connectivity index (χ0) is 13.5. The first kappa shape index (κ1) is 13.3. The average Bonchev–Trinajstić information content (AvgIpc) is 2.43. The van der Waals surface area contributed by atoms with E-state index in [0.29, 0.717) is 13.2 Å². The molecule has 0 aromatic heterocycles. The number of aryl methyl sites for hydroxylation is 1. The summed E-state index contributed by atoms with van der Waals surface area (Å²) in [4.78, 5) is 0. The van der Waals surface area contributed by atoms with Crippen LogP contribution in [-0.4, -0.2) is 13.2 Å². The third kappa shape index (κ3) is 4.54. The molecule has 0 heterocycles. The Hall–Kier alpha value is -2.16. The summed E-state index contributed by atoms with van der Waals surface area (Å²) in [6.07, 6.45) is 0.845. The van der Waals surface area contributed by atoms with Crippen molar-refractivity contribution in [1.29, 1.82) is 0 Å². The third-order valence-electron chi connectivity index (χ3n) is 2.73. The first-order valence-corrected chi connectivity index (χ1v) is 6.42.